The van der Waals surface area contributed by atoms with E-state index in [0.717, 1.165) is 31.0 Å². The molecule has 0 saturated carbocycles. The Kier molecular flexibility index (Phi) is 8.32. The summed E-state index contributed by atoms with van der Waals surface area (Å²) in [4.78, 5) is 29.3. The van der Waals surface area contributed by atoms with Crippen molar-refractivity contribution in [3.8, 4) is 16.9 Å². The number of rotatable bonds is 6. The van der Waals surface area contributed by atoms with Crippen LogP contribution in [0.4, 0.5) is 0 Å². The van der Waals surface area contributed by atoms with Gasteiger partial charge in [0.05, 0.1) is 16.3 Å². The second-order valence-electron chi connectivity index (χ2n) is 8.33. The van der Waals surface area contributed by atoms with Gasteiger partial charge >= 0.3 is 5.97 Å². The maximum atomic E-state index is 13.3. The fraction of sp³-hybridized carbons (Fsp3) is 0. The lowest BCUT2D eigenvalue weighted by atomic mass is 10.0. The van der Waals surface area contributed by atoms with Gasteiger partial charge in [-0.05, 0) is 76.1 Å². The molecule has 6 nitrogen and oxygen atoms in total. The highest BCUT2D eigenvalue weighted by atomic mass is 79.9. The number of hydrogen-bond donors (Lipinski definition) is 2. The van der Waals surface area contributed by atoms with Crippen molar-refractivity contribution in [2.75, 3.05) is 0 Å². The maximum Gasteiger partial charge on any atom is 0.343 e. The Bertz CT molecular complexity index is 1740. The van der Waals surface area contributed by atoms with E-state index in [-0.39, 0.29) is 5.75 Å². The molecular weight excluding hydrogens is 714 g/mol. The normalized spacial score (nSPS) is 11.2. The summed E-state index contributed by atoms with van der Waals surface area (Å²) in [7, 11) is 0. The number of benzene rings is 4. The number of halogens is 4. The molecule has 1 aromatic heterocycles. The molecule has 1 heterocycles. The van der Waals surface area contributed by atoms with Gasteiger partial charge in [0, 0.05) is 36.0 Å². The molecule has 0 atom stereocenters. The molecule has 2 N–H and O–H groups in total. The van der Waals surface area contributed by atoms with E-state index in [0.29, 0.717) is 26.3 Å². The number of amides is 1. The molecule has 5 rings (SSSR count). The van der Waals surface area contributed by atoms with Crippen molar-refractivity contribution in [1.82, 2.24) is 10.4 Å². The van der Waals surface area contributed by atoms with Gasteiger partial charge in [-0.25, -0.2) is 10.2 Å². The summed E-state index contributed by atoms with van der Waals surface area (Å²) >= 11 is 16.3. The lowest BCUT2D eigenvalue weighted by molar-refractivity contribution is 0.0733. The topological polar surface area (TPSA) is 83.5 Å². The molecule has 0 aliphatic heterocycles. The molecule has 0 aliphatic carbocycles. The average Bonchev–Trinajstić information content (AvgIpc) is 3.30. The predicted octanol–water partition coefficient (Wildman–Crippen LogP) is 8.76. The minimum Gasteiger partial charge on any atom is -0.421 e. The summed E-state index contributed by atoms with van der Waals surface area (Å²) in [6.45, 7) is 0. The van der Waals surface area contributed by atoms with Crippen LogP contribution in [-0.2, 0) is 0 Å². The Labute approximate surface area is 253 Å². The first-order valence-electron chi connectivity index (χ1n) is 11.5. The summed E-state index contributed by atoms with van der Waals surface area (Å²) in [5.41, 5.74) is 6.24. The van der Waals surface area contributed by atoms with Gasteiger partial charge in [0.25, 0.3) is 5.91 Å². The van der Waals surface area contributed by atoms with E-state index in [1.54, 1.807) is 36.4 Å². The van der Waals surface area contributed by atoms with E-state index in [1.165, 1.54) is 6.21 Å². The minimum absolute atomic E-state index is 0.247. The van der Waals surface area contributed by atoms with E-state index >= 15 is 0 Å². The van der Waals surface area contributed by atoms with Gasteiger partial charge in [-0.1, -0.05) is 73.8 Å². The van der Waals surface area contributed by atoms with Gasteiger partial charge in [-0.3, -0.25) is 4.79 Å². The first-order valence-corrected chi connectivity index (χ1v) is 14.2. The van der Waals surface area contributed by atoms with Crippen LogP contribution < -0.4 is 10.2 Å². The van der Waals surface area contributed by atoms with Crippen molar-refractivity contribution in [2.24, 2.45) is 5.10 Å². The van der Waals surface area contributed by atoms with E-state index in [1.807, 2.05) is 48.5 Å². The number of fused-ring (bicyclic) bond motifs is 1. The lowest BCUT2D eigenvalue weighted by Crippen LogP contribution is -2.19. The number of aromatic amines is 1. The summed E-state index contributed by atoms with van der Waals surface area (Å²) in [6.07, 6.45) is 1.42. The van der Waals surface area contributed by atoms with Crippen molar-refractivity contribution in [1.29, 1.82) is 0 Å². The molecule has 0 unspecified atom stereocenters. The zero-order valence-electron chi connectivity index (χ0n) is 19.8. The van der Waals surface area contributed by atoms with Crippen LogP contribution in [0.3, 0.4) is 0 Å². The average molecular weight is 731 g/mol. The highest BCUT2D eigenvalue weighted by Gasteiger charge is 2.20. The number of carbonyl (C=O) groups is 2. The zero-order chi connectivity index (χ0) is 27.5. The zero-order valence-corrected chi connectivity index (χ0v) is 25.4. The van der Waals surface area contributed by atoms with Crippen molar-refractivity contribution in [2.45, 2.75) is 0 Å². The molecule has 5 aromatic rings. The second-order valence-corrected chi connectivity index (χ2v) is 11.5. The minimum atomic E-state index is -0.565. The monoisotopic (exact) mass is 727 g/mol. The van der Waals surface area contributed by atoms with E-state index < -0.39 is 11.9 Å². The smallest absolute Gasteiger partial charge is 0.343 e. The third kappa shape index (κ3) is 6.17. The molecule has 39 heavy (non-hydrogen) atoms. The summed E-state index contributed by atoms with van der Waals surface area (Å²) in [5, 5.41) is 5.58. The molecule has 10 heteroatoms. The molecule has 194 valence electrons. The first kappa shape index (κ1) is 27.3. The Morgan fingerprint density at radius 3 is 2.38 bits per heavy atom. The van der Waals surface area contributed by atoms with Crippen molar-refractivity contribution in [3.05, 3.63) is 120 Å². The highest BCUT2D eigenvalue weighted by Crippen LogP contribution is 2.35. The second kappa shape index (κ2) is 11.9. The number of carbonyl (C=O) groups excluding carboxylic acids is 2. The van der Waals surface area contributed by atoms with Gasteiger partial charge in [-0.15, -0.1) is 0 Å². The molecule has 0 bridgehead atoms. The fourth-order valence-electron chi connectivity index (χ4n) is 3.98. The van der Waals surface area contributed by atoms with Crippen molar-refractivity contribution >= 4 is 88.4 Å². The van der Waals surface area contributed by atoms with Crippen LogP contribution >= 0.6 is 59.4 Å². The number of H-pyrrole nitrogens is 1. The van der Waals surface area contributed by atoms with Crippen molar-refractivity contribution in [3.63, 3.8) is 0 Å². The number of esters is 1. The van der Waals surface area contributed by atoms with Crippen LogP contribution in [0.25, 0.3) is 22.0 Å². The van der Waals surface area contributed by atoms with Crippen LogP contribution in [0.1, 0.15) is 26.4 Å². The third-order valence-corrected chi connectivity index (χ3v) is 7.52. The highest BCUT2D eigenvalue weighted by molar-refractivity contribution is 9.11. The molecule has 0 saturated heterocycles. The molecule has 0 radical (unpaired) electrons. The Morgan fingerprint density at radius 1 is 0.897 bits per heavy atom. The number of nitrogens with one attached hydrogen (secondary N) is 2. The van der Waals surface area contributed by atoms with Gasteiger partial charge in [0.2, 0.25) is 0 Å². The number of ether oxygens (including phenoxy) is 1. The molecule has 0 spiro atoms. The van der Waals surface area contributed by atoms with Gasteiger partial charge in [0.15, 0.2) is 5.75 Å². The van der Waals surface area contributed by atoms with Crippen molar-refractivity contribution < 1.29 is 14.3 Å². The van der Waals surface area contributed by atoms with Gasteiger partial charge < -0.3 is 9.72 Å². The SMILES string of the molecule is O=C(Oc1c(Br)cc(Br)cc1C=NNC(=O)c1[nH]c2ccc(Br)cc2c1-c1ccccc1)c1ccc(Cl)cc1. The molecule has 1 amide bonds. The first-order chi connectivity index (χ1) is 18.8. The summed E-state index contributed by atoms with van der Waals surface area (Å²) < 4.78 is 7.81. The fourth-order valence-corrected chi connectivity index (χ4v) is 5.80. The van der Waals surface area contributed by atoms with Gasteiger partial charge in [0.1, 0.15) is 5.69 Å². The number of hydrazone groups is 1. The van der Waals surface area contributed by atoms with Crippen LogP contribution in [0.2, 0.25) is 5.02 Å². The largest absolute Gasteiger partial charge is 0.421 e. The predicted molar refractivity (Wildman–Crippen MR) is 165 cm³/mol. The molecule has 0 fully saturated rings. The van der Waals surface area contributed by atoms with Crippen LogP contribution in [0, 0.1) is 0 Å². The van der Waals surface area contributed by atoms with Gasteiger partial charge in [-0.2, -0.15) is 5.10 Å². The third-order valence-electron chi connectivity index (χ3n) is 5.73. The number of hydrogen-bond acceptors (Lipinski definition) is 4. The van der Waals surface area contributed by atoms with Crippen LogP contribution in [-0.4, -0.2) is 23.1 Å². The van der Waals surface area contributed by atoms with Crippen LogP contribution in [0.5, 0.6) is 5.75 Å². The summed E-state index contributed by atoms with van der Waals surface area (Å²) in [6, 6.07) is 25.3. The Morgan fingerprint density at radius 2 is 1.64 bits per heavy atom. The van der Waals surface area contributed by atoms with E-state index in [2.05, 4.69) is 63.3 Å². The lowest BCUT2D eigenvalue weighted by Gasteiger charge is -2.11. The number of aromatic nitrogens is 1. The summed E-state index contributed by atoms with van der Waals surface area (Å²) in [5.74, 6) is -0.743. The molecular formula is C29H17Br3ClN3O3. The van der Waals surface area contributed by atoms with E-state index in [4.69, 9.17) is 16.3 Å². The maximum absolute atomic E-state index is 13.3. The van der Waals surface area contributed by atoms with E-state index in [9.17, 15) is 9.59 Å². The Balaban J connectivity index is 1.43. The molecule has 4 aromatic carbocycles. The standard InChI is InChI=1S/C29H17Br3ClN3O3/c30-19-8-11-24-22(13-19)25(16-4-2-1-3-5-16)26(35-24)28(37)36-34-15-18-12-20(31)14-23(32)27(18)39-29(38)17-6-9-21(33)10-7-17/h1-15,35H,(H,36,37). The molecule has 0 aliphatic rings. The number of nitrogens with zero attached hydrogens (tertiary/aromatic N) is 1. The quantitative estimate of drug-likeness (QED) is 0.0794. The van der Waals surface area contributed by atoms with Crippen LogP contribution in [0.15, 0.2) is 103 Å². The Hall–Kier alpha value is -3.24.